The van der Waals surface area contributed by atoms with Gasteiger partial charge in [0.2, 0.25) is 0 Å². The normalized spacial score (nSPS) is 11.9. The Labute approximate surface area is 269 Å². The molecule has 1 heterocycles. The van der Waals surface area contributed by atoms with Crippen molar-refractivity contribution >= 4 is 0 Å². The maximum absolute atomic E-state index is 13.4. The van der Waals surface area contributed by atoms with E-state index in [0.29, 0.717) is 5.41 Å². The third-order valence-electron chi connectivity index (χ3n) is 6.06. The molecule has 0 N–H and O–H groups in total. The molecule has 0 saturated carbocycles. The molecule has 260 valence electrons. The SMILES string of the molecule is CC(C)(C)C.CC(C)(C)c1cccc[n+]1[O-].Cc1c(F)c(F)c(C(C)(C)C)c(F)c1F.Cc1c(F)c(F)c(C(C)(C)C)c(F)c1F. The number of rotatable bonds is 0. The van der Waals surface area contributed by atoms with E-state index in [1.807, 2.05) is 32.9 Å². The van der Waals surface area contributed by atoms with Gasteiger partial charge in [-0.3, -0.25) is 0 Å². The number of benzene rings is 2. The average molecular weight is 664 g/mol. The lowest BCUT2D eigenvalue weighted by molar-refractivity contribution is -0.617. The van der Waals surface area contributed by atoms with Crippen molar-refractivity contribution in [3.8, 4) is 0 Å². The minimum absolute atomic E-state index is 0.0665. The molecule has 0 aliphatic heterocycles. The molecule has 2 nitrogen and oxygen atoms in total. The zero-order chi connectivity index (χ0) is 36.9. The highest BCUT2D eigenvalue weighted by molar-refractivity contribution is 5.34. The number of aromatic nitrogens is 1. The first-order chi connectivity index (χ1) is 20.4. The summed E-state index contributed by atoms with van der Waals surface area (Å²) >= 11 is 0. The van der Waals surface area contributed by atoms with Crippen molar-refractivity contribution in [1.82, 2.24) is 0 Å². The predicted octanol–water partition coefficient (Wildman–Crippen LogP) is 11.4. The van der Waals surface area contributed by atoms with E-state index in [0.717, 1.165) is 24.3 Å². The second-order valence-corrected chi connectivity index (χ2v) is 15.7. The third-order valence-corrected chi connectivity index (χ3v) is 6.06. The zero-order valence-corrected chi connectivity index (χ0v) is 29.7. The predicted molar refractivity (Wildman–Crippen MR) is 169 cm³/mol. The summed E-state index contributed by atoms with van der Waals surface area (Å²) in [6.45, 7) is 25.8. The Bertz CT molecular complexity index is 1350. The first-order valence-electron chi connectivity index (χ1n) is 14.7. The van der Waals surface area contributed by atoms with Gasteiger partial charge in [0.1, 0.15) is 0 Å². The van der Waals surface area contributed by atoms with E-state index in [4.69, 9.17) is 0 Å². The molecule has 3 aromatic rings. The van der Waals surface area contributed by atoms with Gasteiger partial charge in [0.15, 0.2) is 58.4 Å². The summed E-state index contributed by atoms with van der Waals surface area (Å²) in [5.74, 6) is -10.5. The molecular formula is C36H49F8NO. The number of halogens is 8. The summed E-state index contributed by atoms with van der Waals surface area (Å²) in [6.07, 6.45) is 1.53. The molecule has 0 amide bonds. The summed E-state index contributed by atoms with van der Waals surface area (Å²) in [4.78, 5) is 0. The lowest BCUT2D eigenvalue weighted by Gasteiger charge is -2.21. The van der Waals surface area contributed by atoms with Gasteiger partial charge in [0.05, 0.1) is 0 Å². The fourth-order valence-corrected chi connectivity index (χ4v) is 3.81. The number of hydrogen-bond donors (Lipinski definition) is 0. The van der Waals surface area contributed by atoms with Crippen molar-refractivity contribution in [1.29, 1.82) is 0 Å². The molecular weight excluding hydrogens is 614 g/mol. The smallest absolute Gasteiger partial charge is 0.198 e. The maximum Gasteiger partial charge on any atom is 0.198 e. The van der Waals surface area contributed by atoms with Crippen LogP contribution in [-0.4, -0.2) is 0 Å². The van der Waals surface area contributed by atoms with Crippen LogP contribution in [0.5, 0.6) is 0 Å². The lowest BCUT2D eigenvalue weighted by atomic mass is 9.85. The van der Waals surface area contributed by atoms with Crippen LogP contribution >= 0.6 is 0 Å². The molecule has 1 aromatic heterocycles. The highest BCUT2D eigenvalue weighted by Crippen LogP contribution is 2.33. The summed E-state index contributed by atoms with van der Waals surface area (Å²) in [6, 6.07) is 5.48. The van der Waals surface area contributed by atoms with E-state index in [1.165, 1.54) is 47.7 Å². The van der Waals surface area contributed by atoms with Crippen molar-refractivity contribution in [2.75, 3.05) is 0 Å². The molecule has 10 heteroatoms. The standard InChI is InChI=1S/2C11H12F4.C9H13NO.C5H12/c2*1-5-7(12)9(14)6(11(2,3)4)10(15)8(5)13;1-9(2,3)8-6-4-5-7-10(8)11;1-5(2,3)4/h2*1-4H3;4-7H,1-3H3;1-4H3. The first-order valence-corrected chi connectivity index (χ1v) is 14.7. The van der Waals surface area contributed by atoms with Gasteiger partial charge in [-0.15, -0.1) is 0 Å². The molecule has 0 bridgehead atoms. The molecule has 0 aliphatic rings. The fraction of sp³-hybridized carbons (Fsp3) is 0.528. The second kappa shape index (κ2) is 15.6. The number of nitrogens with zero attached hydrogens (tertiary/aromatic N) is 1. The lowest BCUT2D eigenvalue weighted by Crippen LogP contribution is -2.37. The highest BCUT2D eigenvalue weighted by atomic mass is 19.2. The van der Waals surface area contributed by atoms with Gasteiger partial charge >= 0.3 is 0 Å². The molecule has 46 heavy (non-hydrogen) atoms. The van der Waals surface area contributed by atoms with Gasteiger partial charge in [0, 0.05) is 39.8 Å². The van der Waals surface area contributed by atoms with Crippen molar-refractivity contribution < 1.29 is 39.9 Å². The van der Waals surface area contributed by atoms with Crippen LogP contribution in [0.3, 0.4) is 0 Å². The fourth-order valence-electron chi connectivity index (χ4n) is 3.81. The molecule has 0 aliphatic carbocycles. The molecule has 0 fully saturated rings. The molecule has 0 unspecified atom stereocenters. The minimum atomic E-state index is -1.32. The van der Waals surface area contributed by atoms with Crippen LogP contribution < -0.4 is 4.73 Å². The van der Waals surface area contributed by atoms with Gasteiger partial charge in [-0.25, -0.2) is 35.1 Å². The van der Waals surface area contributed by atoms with E-state index < -0.39 is 79.6 Å². The second-order valence-electron chi connectivity index (χ2n) is 15.7. The maximum atomic E-state index is 13.4. The summed E-state index contributed by atoms with van der Waals surface area (Å²) in [5, 5.41) is 11.2. The van der Waals surface area contributed by atoms with Crippen LogP contribution in [0.4, 0.5) is 35.1 Å². The van der Waals surface area contributed by atoms with Crippen LogP contribution in [0.2, 0.25) is 0 Å². The topological polar surface area (TPSA) is 26.9 Å². The molecule has 0 spiro atoms. The van der Waals surface area contributed by atoms with Crippen molar-refractivity contribution in [3.05, 3.63) is 104 Å². The van der Waals surface area contributed by atoms with Crippen LogP contribution in [0.25, 0.3) is 0 Å². The van der Waals surface area contributed by atoms with E-state index in [1.54, 1.807) is 6.07 Å². The van der Waals surface area contributed by atoms with Crippen LogP contribution in [-0.2, 0) is 16.2 Å². The van der Waals surface area contributed by atoms with E-state index in [-0.39, 0.29) is 5.41 Å². The number of pyridine rings is 1. The zero-order valence-electron chi connectivity index (χ0n) is 29.7. The Hall–Kier alpha value is -3.17. The van der Waals surface area contributed by atoms with E-state index in [2.05, 4.69) is 27.7 Å². The molecule has 0 saturated heterocycles. The monoisotopic (exact) mass is 663 g/mol. The Balaban J connectivity index is 0.000000621. The Morgan fingerprint density at radius 2 is 0.717 bits per heavy atom. The van der Waals surface area contributed by atoms with E-state index >= 15 is 0 Å². The van der Waals surface area contributed by atoms with Crippen molar-refractivity contribution in [3.63, 3.8) is 0 Å². The van der Waals surface area contributed by atoms with Gasteiger partial charge in [-0.2, -0.15) is 4.73 Å². The Kier molecular flexibility index (Phi) is 14.5. The van der Waals surface area contributed by atoms with Gasteiger partial charge < -0.3 is 5.21 Å². The van der Waals surface area contributed by atoms with Gasteiger partial charge in [0.25, 0.3) is 0 Å². The Morgan fingerprint density at radius 1 is 0.457 bits per heavy atom. The van der Waals surface area contributed by atoms with Crippen LogP contribution in [0.1, 0.15) is 118 Å². The van der Waals surface area contributed by atoms with Crippen molar-refractivity contribution in [2.45, 2.75) is 120 Å². The van der Waals surface area contributed by atoms with E-state index in [9.17, 15) is 40.3 Å². The first kappa shape index (κ1) is 42.8. The largest absolute Gasteiger partial charge is 0.618 e. The van der Waals surface area contributed by atoms with Gasteiger partial charge in [-0.05, 0) is 36.2 Å². The van der Waals surface area contributed by atoms with Crippen LogP contribution in [0, 0.1) is 71.0 Å². The quantitative estimate of drug-likeness (QED) is 0.102. The molecule has 2 aromatic carbocycles. The summed E-state index contributed by atoms with van der Waals surface area (Å²) in [5.41, 5.74) is -3.09. The minimum Gasteiger partial charge on any atom is -0.618 e. The summed E-state index contributed by atoms with van der Waals surface area (Å²) < 4.78 is 107. The molecule has 0 radical (unpaired) electrons. The Morgan fingerprint density at radius 3 is 0.891 bits per heavy atom. The number of hydrogen-bond acceptors (Lipinski definition) is 1. The van der Waals surface area contributed by atoms with Gasteiger partial charge in [-0.1, -0.05) is 90.0 Å². The molecule has 0 atom stereocenters. The van der Waals surface area contributed by atoms with Crippen LogP contribution in [0.15, 0.2) is 24.4 Å². The molecule has 3 rings (SSSR count). The summed E-state index contributed by atoms with van der Waals surface area (Å²) in [7, 11) is 0. The average Bonchev–Trinajstić information content (AvgIpc) is 2.86. The highest BCUT2D eigenvalue weighted by Gasteiger charge is 2.31. The van der Waals surface area contributed by atoms with Crippen molar-refractivity contribution in [2.24, 2.45) is 5.41 Å². The third kappa shape index (κ3) is 11.9.